The number of esters is 2. The SMILES string of the molecule is CCOc1cc(/C=c2/sc3n(c2=O)C(c2ccc(OC)c(OC)c2)C(C(=O)OC)=C(C)N=3)ccc1OC(C)=O. The predicted octanol–water partition coefficient (Wildman–Crippen LogP) is 2.75. The fourth-order valence-electron chi connectivity index (χ4n) is 4.30. The zero-order valence-electron chi connectivity index (χ0n) is 22.4. The summed E-state index contributed by atoms with van der Waals surface area (Å²) in [7, 11) is 4.33. The number of rotatable bonds is 8. The number of nitrogens with zero attached hydrogens (tertiary/aromatic N) is 2. The van der Waals surface area contributed by atoms with E-state index in [0.717, 1.165) is 0 Å². The molecule has 0 N–H and O–H groups in total. The molecule has 2 aromatic carbocycles. The van der Waals surface area contributed by atoms with E-state index in [-0.39, 0.29) is 16.9 Å². The van der Waals surface area contributed by atoms with Gasteiger partial charge in [-0.05, 0) is 55.3 Å². The van der Waals surface area contributed by atoms with Gasteiger partial charge in [-0.3, -0.25) is 14.2 Å². The molecule has 11 heteroatoms. The zero-order valence-corrected chi connectivity index (χ0v) is 23.2. The number of benzene rings is 2. The summed E-state index contributed by atoms with van der Waals surface area (Å²) in [6.45, 7) is 5.20. The number of carbonyl (C=O) groups excluding carboxylic acids is 2. The summed E-state index contributed by atoms with van der Waals surface area (Å²) in [5.41, 5.74) is 1.63. The fourth-order valence-corrected chi connectivity index (χ4v) is 5.35. The van der Waals surface area contributed by atoms with Gasteiger partial charge in [-0.15, -0.1) is 0 Å². The standard InChI is InChI=1S/C28H28N2O8S/c1-7-37-22-12-17(8-10-20(22)38-16(3)31)13-23-26(32)30-25(18-9-11-19(34-4)21(14-18)35-5)24(27(33)36-6)15(2)29-28(30)39-23/h8-14,25H,7H2,1-6H3/b23-13+. The third kappa shape index (κ3) is 5.44. The van der Waals surface area contributed by atoms with Crippen LogP contribution >= 0.6 is 11.3 Å². The number of ether oxygens (including phenoxy) is 5. The summed E-state index contributed by atoms with van der Waals surface area (Å²) >= 11 is 1.19. The summed E-state index contributed by atoms with van der Waals surface area (Å²) in [4.78, 5) is 43.2. The quantitative estimate of drug-likeness (QED) is 0.310. The lowest BCUT2D eigenvalue weighted by atomic mass is 9.95. The summed E-state index contributed by atoms with van der Waals surface area (Å²) in [5, 5.41) is 0. The number of fused-ring (bicyclic) bond motifs is 1. The minimum Gasteiger partial charge on any atom is -0.493 e. The molecule has 0 spiro atoms. The minimum atomic E-state index is -0.805. The molecule has 1 unspecified atom stereocenters. The Kier molecular flexibility index (Phi) is 8.20. The van der Waals surface area contributed by atoms with E-state index in [2.05, 4.69) is 4.99 Å². The van der Waals surface area contributed by atoms with Gasteiger partial charge in [0.05, 0.1) is 49.8 Å². The highest BCUT2D eigenvalue weighted by Gasteiger charge is 2.33. The van der Waals surface area contributed by atoms with Crippen LogP contribution in [0, 0.1) is 0 Å². The Balaban J connectivity index is 1.91. The third-order valence-corrected chi connectivity index (χ3v) is 6.95. The van der Waals surface area contributed by atoms with Gasteiger partial charge in [0.2, 0.25) is 0 Å². The normalized spacial score (nSPS) is 14.8. The van der Waals surface area contributed by atoms with Crippen molar-refractivity contribution in [1.82, 2.24) is 4.57 Å². The van der Waals surface area contributed by atoms with Crippen molar-refractivity contribution in [2.75, 3.05) is 27.9 Å². The molecule has 2 heterocycles. The van der Waals surface area contributed by atoms with Gasteiger partial charge in [-0.25, -0.2) is 9.79 Å². The van der Waals surface area contributed by atoms with E-state index < -0.39 is 18.0 Å². The average molecular weight is 553 g/mol. The van der Waals surface area contributed by atoms with Gasteiger partial charge >= 0.3 is 11.9 Å². The first-order valence-electron chi connectivity index (χ1n) is 12.0. The summed E-state index contributed by atoms with van der Waals surface area (Å²) in [6.07, 6.45) is 1.70. The van der Waals surface area contributed by atoms with Crippen LogP contribution in [-0.2, 0) is 14.3 Å². The Bertz CT molecular complexity index is 1650. The molecular formula is C28H28N2O8S. The number of aromatic nitrogens is 1. The van der Waals surface area contributed by atoms with Gasteiger partial charge in [0.25, 0.3) is 5.56 Å². The van der Waals surface area contributed by atoms with Crippen LogP contribution in [-0.4, -0.2) is 44.4 Å². The molecule has 0 bridgehead atoms. The van der Waals surface area contributed by atoms with Crippen LogP contribution in [0.2, 0.25) is 0 Å². The summed E-state index contributed by atoms with van der Waals surface area (Å²) in [5.74, 6) is 0.566. The number of hydrogen-bond acceptors (Lipinski definition) is 10. The van der Waals surface area contributed by atoms with Crippen molar-refractivity contribution < 1.29 is 33.3 Å². The molecule has 3 aromatic rings. The second-order valence-electron chi connectivity index (χ2n) is 8.42. The lowest BCUT2D eigenvalue weighted by molar-refractivity contribution is -0.136. The Hall–Kier alpha value is -4.38. The van der Waals surface area contributed by atoms with Crippen molar-refractivity contribution in [3.63, 3.8) is 0 Å². The number of thiazole rings is 1. The largest absolute Gasteiger partial charge is 0.493 e. The van der Waals surface area contributed by atoms with E-state index in [9.17, 15) is 14.4 Å². The molecule has 10 nitrogen and oxygen atoms in total. The Morgan fingerprint density at radius 1 is 1.03 bits per heavy atom. The van der Waals surface area contributed by atoms with Crippen molar-refractivity contribution in [3.8, 4) is 23.0 Å². The molecule has 0 radical (unpaired) electrons. The van der Waals surface area contributed by atoms with E-state index in [4.69, 9.17) is 23.7 Å². The number of methoxy groups -OCH3 is 3. The molecule has 1 atom stereocenters. The topological polar surface area (TPSA) is 115 Å². The minimum absolute atomic E-state index is 0.244. The molecule has 0 fully saturated rings. The lowest BCUT2D eigenvalue weighted by Gasteiger charge is -2.25. The van der Waals surface area contributed by atoms with Gasteiger partial charge in [-0.1, -0.05) is 23.5 Å². The first-order chi connectivity index (χ1) is 18.7. The maximum absolute atomic E-state index is 13.8. The van der Waals surface area contributed by atoms with Gasteiger partial charge < -0.3 is 23.7 Å². The van der Waals surface area contributed by atoms with Crippen molar-refractivity contribution in [2.24, 2.45) is 4.99 Å². The Labute approximate surface area is 228 Å². The highest BCUT2D eigenvalue weighted by Crippen LogP contribution is 2.36. The molecule has 204 valence electrons. The smallest absolute Gasteiger partial charge is 0.338 e. The molecule has 1 aliphatic heterocycles. The first-order valence-corrected chi connectivity index (χ1v) is 12.8. The number of hydrogen-bond donors (Lipinski definition) is 0. The van der Waals surface area contributed by atoms with Gasteiger partial charge in [-0.2, -0.15) is 0 Å². The van der Waals surface area contributed by atoms with Gasteiger partial charge in [0.1, 0.15) is 0 Å². The van der Waals surface area contributed by atoms with E-state index in [1.54, 1.807) is 49.4 Å². The van der Waals surface area contributed by atoms with E-state index >= 15 is 0 Å². The van der Waals surface area contributed by atoms with Crippen molar-refractivity contribution in [3.05, 3.63) is 78.5 Å². The second kappa shape index (κ2) is 11.6. The third-order valence-electron chi connectivity index (χ3n) is 5.97. The summed E-state index contributed by atoms with van der Waals surface area (Å²) < 4.78 is 28.6. The molecule has 0 amide bonds. The predicted molar refractivity (Wildman–Crippen MR) is 144 cm³/mol. The van der Waals surface area contributed by atoms with Crippen molar-refractivity contribution >= 4 is 29.4 Å². The highest BCUT2D eigenvalue weighted by molar-refractivity contribution is 7.07. The highest BCUT2D eigenvalue weighted by atomic mass is 32.1. The average Bonchev–Trinajstić information content (AvgIpc) is 3.22. The van der Waals surface area contributed by atoms with Crippen LogP contribution < -0.4 is 33.8 Å². The van der Waals surface area contributed by atoms with Crippen LogP contribution in [0.15, 0.2) is 57.5 Å². The Morgan fingerprint density at radius 3 is 2.38 bits per heavy atom. The molecular weight excluding hydrogens is 524 g/mol. The van der Waals surface area contributed by atoms with E-state index in [1.165, 1.54) is 44.2 Å². The van der Waals surface area contributed by atoms with E-state index in [1.807, 2.05) is 6.92 Å². The molecule has 39 heavy (non-hydrogen) atoms. The van der Waals surface area contributed by atoms with Crippen molar-refractivity contribution in [2.45, 2.75) is 26.8 Å². The monoisotopic (exact) mass is 552 g/mol. The van der Waals surface area contributed by atoms with Crippen molar-refractivity contribution in [1.29, 1.82) is 0 Å². The fraction of sp³-hybridized carbons (Fsp3) is 0.286. The molecule has 1 aliphatic rings. The first kappa shape index (κ1) is 27.6. The molecule has 0 saturated heterocycles. The molecule has 0 saturated carbocycles. The van der Waals surface area contributed by atoms with Crippen LogP contribution in [0.3, 0.4) is 0 Å². The van der Waals surface area contributed by atoms with Gasteiger partial charge in [0.15, 0.2) is 27.8 Å². The van der Waals surface area contributed by atoms with Crippen LogP contribution in [0.4, 0.5) is 0 Å². The van der Waals surface area contributed by atoms with Crippen LogP contribution in [0.25, 0.3) is 6.08 Å². The van der Waals surface area contributed by atoms with Crippen LogP contribution in [0.5, 0.6) is 23.0 Å². The number of allylic oxidation sites excluding steroid dienone is 1. The zero-order chi connectivity index (χ0) is 28.3. The summed E-state index contributed by atoms with van der Waals surface area (Å²) in [6, 6.07) is 9.43. The molecule has 0 aliphatic carbocycles. The molecule has 1 aromatic heterocycles. The Morgan fingerprint density at radius 2 is 1.74 bits per heavy atom. The van der Waals surface area contributed by atoms with E-state index in [0.29, 0.717) is 50.0 Å². The molecule has 4 rings (SSSR count). The maximum atomic E-state index is 13.8. The van der Waals surface area contributed by atoms with Crippen LogP contribution in [0.1, 0.15) is 37.9 Å². The second-order valence-corrected chi connectivity index (χ2v) is 9.43. The number of carbonyl (C=O) groups is 2. The van der Waals surface area contributed by atoms with Gasteiger partial charge in [0, 0.05) is 6.92 Å². The maximum Gasteiger partial charge on any atom is 0.338 e. The lowest BCUT2D eigenvalue weighted by Crippen LogP contribution is -2.39.